The second kappa shape index (κ2) is 7.30. The van der Waals surface area contributed by atoms with Crippen LogP contribution in [0.5, 0.6) is 0 Å². The maximum Gasteiger partial charge on any atom is 0.290 e. The fourth-order valence-corrected chi connectivity index (χ4v) is 3.31. The third-order valence-electron chi connectivity index (χ3n) is 4.11. The molecule has 0 aromatic heterocycles. The molecular formula is C13H23NO3. The number of nitrogens with one attached hydrogen (secondary N) is 1. The van der Waals surface area contributed by atoms with Gasteiger partial charge in [-0.2, -0.15) is 0 Å². The first-order valence-electron chi connectivity index (χ1n) is 6.57. The minimum atomic E-state index is -0.250. The third kappa shape index (κ3) is 4.02. The summed E-state index contributed by atoms with van der Waals surface area (Å²) >= 11 is 0. The topological polar surface area (TPSA) is 66.4 Å². The molecule has 98 valence electrons. The van der Waals surface area contributed by atoms with Gasteiger partial charge in [0, 0.05) is 13.0 Å². The largest absolute Gasteiger partial charge is 0.483 e. The highest BCUT2D eigenvalue weighted by Crippen LogP contribution is 2.47. The Bertz CT molecular complexity index is 255. The van der Waals surface area contributed by atoms with E-state index < -0.39 is 0 Å². The number of hydrogen-bond donors (Lipinski definition) is 2. The van der Waals surface area contributed by atoms with Crippen molar-refractivity contribution < 1.29 is 14.7 Å². The van der Waals surface area contributed by atoms with Gasteiger partial charge in [-0.3, -0.25) is 9.59 Å². The number of carbonyl (C=O) groups is 2. The quantitative estimate of drug-likeness (QED) is 0.743. The zero-order valence-corrected chi connectivity index (χ0v) is 10.5. The van der Waals surface area contributed by atoms with Gasteiger partial charge in [-0.05, 0) is 37.0 Å². The van der Waals surface area contributed by atoms with Crippen molar-refractivity contribution in [2.45, 2.75) is 45.4 Å². The predicted molar refractivity (Wildman–Crippen MR) is 65.5 cm³/mol. The van der Waals surface area contributed by atoms with Gasteiger partial charge in [-0.1, -0.05) is 19.8 Å². The lowest BCUT2D eigenvalue weighted by Crippen LogP contribution is -2.30. The van der Waals surface area contributed by atoms with Crippen LogP contribution in [0.4, 0.5) is 0 Å². The van der Waals surface area contributed by atoms with Gasteiger partial charge in [0.05, 0.1) is 0 Å². The first-order chi connectivity index (χ1) is 8.22. The van der Waals surface area contributed by atoms with Crippen molar-refractivity contribution in [2.75, 3.05) is 6.54 Å². The molecule has 0 radical (unpaired) electrons. The summed E-state index contributed by atoms with van der Waals surface area (Å²) in [5.74, 6) is 2.94. The fraction of sp³-hybridized carbons (Fsp3) is 0.846. The highest BCUT2D eigenvalue weighted by molar-refractivity contribution is 5.75. The number of carbonyl (C=O) groups excluding carboxylic acids is 1. The van der Waals surface area contributed by atoms with Gasteiger partial charge in [0.25, 0.3) is 6.47 Å². The van der Waals surface area contributed by atoms with Crippen molar-refractivity contribution in [3.8, 4) is 0 Å². The van der Waals surface area contributed by atoms with Crippen molar-refractivity contribution in [2.24, 2.45) is 17.8 Å². The number of fused-ring (bicyclic) bond motifs is 1. The van der Waals surface area contributed by atoms with Crippen LogP contribution in [0.3, 0.4) is 0 Å². The van der Waals surface area contributed by atoms with Crippen LogP contribution >= 0.6 is 0 Å². The monoisotopic (exact) mass is 241 g/mol. The summed E-state index contributed by atoms with van der Waals surface area (Å²) in [6, 6.07) is 0. The first kappa shape index (κ1) is 14.0. The second-order valence-corrected chi connectivity index (χ2v) is 4.96. The van der Waals surface area contributed by atoms with Gasteiger partial charge in [0.1, 0.15) is 0 Å². The summed E-state index contributed by atoms with van der Waals surface area (Å²) in [5, 5.41) is 9.94. The molecule has 1 amide bonds. The highest BCUT2D eigenvalue weighted by atomic mass is 16.3. The smallest absolute Gasteiger partial charge is 0.290 e. The van der Waals surface area contributed by atoms with Crippen LogP contribution in [0, 0.1) is 17.8 Å². The second-order valence-electron chi connectivity index (χ2n) is 4.96. The molecule has 4 heteroatoms. The van der Waals surface area contributed by atoms with E-state index in [0.717, 1.165) is 24.3 Å². The van der Waals surface area contributed by atoms with Crippen LogP contribution in [-0.4, -0.2) is 24.0 Å². The SMILES string of the molecule is CCC(=O)NC[C@H]1CC[C@@H]2CCC[C@@H]21.O=CO. The molecule has 0 aliphatic heterocycles. The molecule has 4 nitrogen and oxygen atoms in total. The lowest BCUT2D eigenvalue weighted by Gasteiger charge is -2.18. The molecule has 0 spiro atoms. The molecule has 17 heavy (non-hydrogen) atoms. The van der Waals surface area contributed by atoms with Crippen molar-refractivity contribution >= 4 is 12.4 Å². The van der Waals surface area contributed by atoms with E-state index in [-0.39, 0.29) is 12.4 Å². The summed E-state index contributed by atoms with van der Waals surface area (Å²) in [7, 11) is 0. The molecule has 0 heterocycles. The Labute approximate surface area is 103 Å². The third-order valence-corrected chi connectivity index (χ3v) is 4.11. The van der Waals surface area contributed by atoms with E-state index in [4.69, 9.17) is 9.90 Å². The van der Waals surface area contributed by atoms with Crippen LogP contribution in [0.2, 0.25) is 0 Å². The standard InChI is InChI=1S/C12H21NO.CH2O2/c1-2-12(14)13-8-10-7-6-9-4-3-5-11(9)10;2-1-3/h9-11H,2-8H2,1H3,(H,13,14);1H,(H,2,3)/t9-,10+,11-;/m0./s1. The van der Waals surface area contributed by atoms with Gasteiger partial charge in [-0.15, -0.1) is 0 Å². The van der Waals surface area contributed by atoms with E-state index in [2.05, 4.69) is 5.32 Å². The molecule has 0 bridgehead atoms. The van der Waals surface area contributed by atoms with E-state index >= 15 is 0 Å². The number of amides is 1. The van der Waals surface area contributed by atoms with Crippen molar-refractivity contribution in [3.63, 3.8) is 0 Å². The molecule has 0 aromatic carbocycles. The van der Waals surface area contributed by atoms with Crippen LogP contribution in [0.25, 0.3) is 0 Å². The van der Waals surface area contributed by atoms with Gasteiger partial charge in [-0.25, -0.2) is 0 Å². The molecule has 3 atom stereocenters. The summed E-state index contributed by atoms with van der Waals surface area (Å²) in [6.45, 7) is 2.61. The first-order valence-corrected chi connectivity index (χ1v) is 6.57. The van der Waals surface area contributed by atoms with Crippen LogP contribution in [0.1, 0.15) is 45.4 Å². The van der Waals surface area contributed by atoms with E-state index in [1.54, 1.807) is 0 Å². The van der Waals surface area contributed by atoms with Gasteiger partial charge in [0.15, 0.2) is 0 Å². The molecule has 2 aliphatic carbocycles. The molecule has 2 saturated carbocycles. The van der Waals surface area contributed by atoms with Gasteiger partial charge < -0.3 is 10.4 Å². The Hall–Kier alpha value is -1.06. The lowest BCUT2D eigenvalue weighted by atomic mass is 9.92. The molecule has 0 aromatic rings. The maximum absolute atomic E-state index is 11.1. The normalized spacial score (nSPS) is 30.1. The van der Waals surface area contributed by atoms with Crippen molar-refractivity contribution in [3.05, 3.63) is 0 Å². The minimum Gasteiger partial charge on any atom is -0.483 e. The van der Waals surface area contributed by atoms with Gasteiger partial charge in [0.2, 0.25) is 5.91 Å². The molecule has 0 saturated heterocycles. The van der Waals surface area contributed by atoms with Crippen LogP contribution < -0.4 is 5.32 Å². The molecular weight excluding hydrogens is 218 g/mol. The Balaban J connectivity index is 0.000000437. The van der Waals surface area contributed by atoms with Crippen LogP contribution in [-0.2, 0) is 9.59 Å². The number of hydrogen-bond acceptors (Lipinski definition) is 2. The molecule has 2 fully saturated rings. The minimum absolute atomic E-state index is 0.214. The number of rotatable bonds is 3. The zero-order chi connectivity index (χ0) is 12.7. The van der Waals surface area contributed by atoms with Crippen molar-refractivity contribution in [1.29, 1.82) is 0 Å². The molecule has 2 N–H and O–H groups in total. The Morgan fingerprint density at radius 1 is 1.35 bits per heavy atom. The summed E-state index contributed by atoms with van der Waals surface area (Å²) in [5.41, 5.74) is 0. The Kier molecular flexibility index (Phi) is 6.01. The summed E-state index contributed by atoms with van der Waals surface area (Å²) < 4.78 is 0. The van der Waals surface area contributed by atoms with Crippen LogP contribution in [0.15, 0.2) is 0 Å². The van der Waals surface area contributed by atoms with Crippen molar-refractivity contribution in [1.82, 2.24) is 5.32 Å². The summed E-state index contributed by atoms with van der Waals surface area (Å²) in [4.78, 5) is 19.5. The van der Waals surface area contributed by atoms with E-state index in [1.807, 2.05) is 6.92 Å². The fourth-order valence-electron chi connectivity index (χ4n) is 3.31. The number of carboxylic acid groups (broad SMARTS) is 1. The zero-order valence-electron chi connectivity index (χ0n) is 10.5. The summed E-state index contributed by atoms with van der Waals surface area (Å²) in [6.07, 6.45) is 7.67. The average molecular weight is 241 g/mol. The molecule has 2 rings (SSSR count). The van der Waals surface area contributed by atoms with E-state index in [9.17, 15) is 4.79 Å². The van der Waals surface area contributed by atoms with E-state index in [1.165, 1.54) is 32.1 Å². The Morgan fingerprint density at radius 2 is 2.06 bits per heavy atom. The molecule has 2 aliphatic rings. The van der Waals surface area contributed by atoms with Gasteiger partial charge >= 0.3 is 0 Å². The van der Waals surface area contributed by atoms with E-state index in [0.29, 0.717) is 6.42 Å². The molecule has 0 unspecified atom stereocenters. The lowest BCUT2D eigenvalue weighted by molar-refractivity contribution is -0.123. The predicted octanol–water partition coefficient (Wildman–Crippen LogP) is 2.04. The average Bonchev–Trinajstić information content (AvgIpc) is 2.89. The maximum atomic E-state index is 11.1. The Morgan fingerprint density at radius 3 is 2.71 bits per heavy atom. The highest BCUT2D eigenvalue weighted by Gasteiger charge is 2.38.